The maximum atomic E-state index is 14.8. The molecule has 0 bridgehead atoms. The van der Waals surface area contributed by atoms with Gasteiger partial charge in [-0.2, -0.15) is 0 Å². The van der Waals surface area contributed by atoms with E-state index in [4.69, 9.17) is 4.74 Å². The molecule has 156 valence electrons. The molecule has 1 aliphatic rings. The van der Waals surface area contributed by atoms with Crippen LogP contribution in [0.1, 0.15) is 63.0 Å². The van der Waals surface area contributed by atoms with Gasteiger partial charge >= 0.3 is 0 Å². The van der Waals surface area contributed by atoms with Gasteiger partial charge < -0.3 is 4.74 Å². The van der Waals surface area contributed by atoms with Gasteiger partial charge in [-0.15, -0.1) is 0 Å². The molecule has 0 N–H and O–H groups in total. The van der Waals surface area contributed by atoms with E-state index < -0.39 is 17.5 Å². The van der Waals surface area contributed by atoms with Gasteiger partial charge in [-0.05, 0) is 49.8 Å². The molecule has 0 amide bonds. The number of aryl methyl sites for hydroxylation is 1. The van der Waals surface area contributed by atoms with Crippen molar-refractivity contribution in [2.45, 2.75) is 64.4 Å². The molecule has 0 saturated carbocycles. The van der Waals surface area contributed by atoms with Gasteiger partial charge in [-0.25, -0.2) is 13.2 Å². The average molecular weight is 403 g/mol. The van der Waals surface area contributed by atoms with E-state index in [2.05, 4.69) is 6.92 Å². The van der Waals surface area contributed by atoms with Crippen LogP contribution >= 0.6 is 0 Å². The van der Waals surface area contributed by atoms with Crippen LogP contribution in [0.2, 0.25) is 0 Å². The van der Waals surface area contributed by atoms with Crippen molar-refractivity contribution < 1.29 is 17.9 Å². The van der Waals surface area contributed by atoms with Crippen LogP contribution in [0.15, 0.2) is 42.5 Å². The van der Waals surface area contributed by atoms with Crippen molar-refractivity contribution in [1.82, 2.24) is 0 Å². The first-order chi connectivity index (χ1) is 14.0. The molecule has 0 aromatic heterocycles. The van der Waals surface area contributed by atoms with Gasteiger partial charge in [0, 0.05) is 17.0 Å². The van der Waals surface area contributed by atoms with Gasteiger partial charge in [0.15, 0.2) is 11.6 Å². The van der Waals surface area contributed by atoms with Crippen LogP contribution in [0, 0.1) is 17.5 Å². The third kappa shape index (κ3) is 5.11. The first-order valence-corrected chi connectivity index (χ1v) is 10.6. The van der Waals surface area contributed by atoms with Crippen LogP contribution in [0.25, 0.3) is 11.1 Å². The summed E-state index contributed by atoms with van der Waals surface area (Å²) in [5.41, 5.74) is 1.25. The van der Waals surface area contributed by atoms with Crippen LogP contribution in [0.4, 0.5) is 13.2 Å². The van der Waals surface area contributed by atoms with Crippen molar-refractivity contribution >= 4 is 0 Å². The summed E-state index contributed by atoms with van der Waals surface area (Å²) in [6.07, 6.45) is 9.41. The van der Waals surface area contributed by atoms with E-state index >= 15 is 0 Å². The normalized spacial score (nSPS) is 19.8. The predicted octanol–water partition coefficient (Wildman–Crippen LogP) is 7.34. The first kappa shape index (κ1) is 21.6. The number of halogens is 3. The average Bonchev–Trinajstić information content (AvgIpc) is 2.72. The van der Waals surface area contributed by atoms with Gasteiger partial charge in [-0.1, -0.05) is 56.2 Å². The van der Waals surface area contributed by atoms with E-state index in [0.29, 0.717) is 12.2 Å². The van der Waals surface area contributed by atoms with Crippen LogP contribution < -0.4 is 0 Å². The Morgan fingerprint density at radius 3 is 2.45 bits per heavy atom. The summed E-state index contributed by atoms with van der Waals surface area (Å²) in [5, 5.41) is 0. The predicted molar refractivity (Wildman–Crippen MR) is 112 cm³/mol. The van der Waals surface area contributed by atoms with Gasteiger partial charge in [0.2, 0.25) is 0 Å². The Balaban J connectivity index is 1.79. The van der Waals surface area contributed by atoms with Crippen LogP contribution in [0.5, 0.6) is 0 Å². The number of hydrogen-bond acceptors (Lipinski definition) is 1. The number of benzene rings is 2. The van der Waals surface area contributed by atoms with E-state index in [-0.39, 0.29) is 23.1 Å². The molecule has 1 fully saturated rings. The van der Waals surface area contributed by atoms with E-state index in [1.54, 1.807) is 18.2 Å². The van der Waals surface area contributed by atoms with Gasteiger partial charge in [-0.3, -0.25) is 0 Å². The molecule has 2 aromatic rings. The van der Waals surface area contributed by atoms with Crippen molar-refractivity contribution in [1.29, 1.82) is 0 Å². The molecule has 4 heteroatoms. The smallest absolute Gasteiger partial charge is 0.167 e. The lowest BCUT2D eigenvalue weighted by Crippen LogP contribution is -2.24. The molecule has 0 radical (unpaired) electrons. The largest absolute Gasteiger partial charge is 0.374 e. The van der Waals surface area contributed by atoms with E-state index in [1.807, 2.05) is 19.1 Å². The number of unbranched alkanes of at least 4 members (excludes halogenated alkanes) is 2. The third-order valence-electron chi connectivity index (χ3n) is 5.66. The van der Waals surface area contributed by atoms with E-state index in [1.165, 1.54) is 12.1 Å². The van der Waals surface area contributed by atoms with Gasteiger partial charge in [0.1, 0.15) is 5.82 Å². The maximum Gasteiger partial charge on any atom is 0.167 e. The highest BCUT2D eigenvalue weighted by Crippen LogP contribution is 2.35. The van der Waals surface area contributed by atoms with Gasteiger partial charge in [0.25, 0.3) is 0 Å². The molecule has 3 rings (SSSR count). The molecule has 1 aliphatic heterocycles. The molecule has 29 heavy (non-hydrogen) atoms. The Morgan fingerprint density at radius 2 is 1.79 bits per heavy atom. The Morgan fingerprint density at radius 1 is 1.00 bits per heavy atom. The summed E-state index contributed by atoms with van der Waals surface area (Å²) in [7, 11) is 0. The molecular formula is C25H29F3O. The zero-order valence-electron chi connectivity index (χ0n) is 17.2. The SMILES string of the molecule is C/C=C/C1CCC(c2ccc(-c3ccc(CCCCC)cc3F)c(F)c2F)CO1. The van der Waals surface area contributed by atoms with E-state index in [0.717, 1.165) is 44.1 Å². The second kappa shape index (κ2) is 10.1. The van der Waals surface area contributed by atoms with Crippen molar-refractivity contribution in [3.63, 3.8) is 0 Å². The summed E-state index contributed by atoms with van der Waals surface area (Å²) in [6.45, 7) is 4.40. The zero-order valence-corrected chi connectivity index (χ0v) is 17.2. The van der Waals surface area contributed by atoms with Crippen LogP contribution in [-0.2, 0) is 11.2 Å². The topological polar surface area (TPSA) is 9.23 Å². The Labute approximate surface area is 171 Å². The minimum absolute atomic E-state index is 0.0348. The second-order valence-corrected chi connectivity index (χ2v) is 7.77. The fourth-order valence-corrected chi connectivity index (χ4v) is 3.98. The van der Waals surface area contributed by atoms with Crippen molar-refractivity contribution in [3.05, 3.63) is 71.1 Å². The Hall–Kier alpha value is -2.07. The fourth-order valence-electron chi connectivity index (χ4n) is 3.98. The Kier molecular flexibility index (Phi) is 7.54. The summed E-state index contributed by atoms with van der Waals surface area (Å²) in [6, 6.07) is 7.86. The third-order valence-corrected chi connectivity index (χ3v) is 5.66. The maximum absolute atomic E-state index is 14.8. The highest BCUT2D eigenvalue weighted by Gasteiger charge is 2.26. The minimum Gasteiger partial charge on any atom is -0.374 e. The molecule has 2 aromatic carbocycles. The number of allylic oxidation sites excluding steroid dienone is 1. The molecule has 0 aliphatic carbocycles. The molecule has 1 saturated heterocycles. The standard InChI is InChI=1S/C25H29F3O/c1-3-5-6-8-17-9-12-21(23(26)15-17)22-14-13-20(24(27)25(22)28)18-10-11-19(7-4-2)29-16-18/h4,7,9,12-15,18-19H,3,5-6,8,10-11,16H2,1-2H3/b7-4+. The van der Waals surface area contributed by atoms with Crippen LogP contribution in [0.3, 0.4) is 0 Å². The number of hydrogen-bond donors (Lipinski definition) is 0. The molecule has 0 spiro atoms. The lowest BCUT2D eigenvalue weighted by Gasteiger charge is -2.28. The Bertz CT molecular complexity index is 851. The van der Waals surface area contributed by atoms with Crippen molar-refractivity contribution in [3.8, 4) is 11.1 Å². The van der Waals surface area contributed by atoms with Crippen molar-refractivity contribution in [2.24, 2.45) is 0 Å². The monoisotopic (exact) mass is 402 g/mol. The summed E-state index contributed by atoms with van der Waals surface area (Å²) in [4.78, 5) is 0. The molecule has 2 atom stereocenters. The highest BCUT2D eigenvalue weighted by molar-refractivity contribution is 5.66. The molecular weight excluding hydrogens is 373 g/mol. The van der Waals surface area contributed by atoms with Crippen LogP contribution in [-0.4, -0.2) is 12.7 Å². The fraction of sp³-hybridized carbons (Fsp3) is 0.440. The lowest BCUT2D eigenvalue weighted by molar-refractivity contribution is 0.0317. The molecule has 2 unspecified atom stereocenters. The highest BCUT2D eigenvalue weighted by atomic mass is 19.2. The summed E-state index contributed by atoms with van der Waals surface area (Å²) < 4.78 is 50.0. The first-order valence-electron chi connectivity index (χ1n) is 10.6. The zero-order chi connectivity index (χ0) is 20.8. The number of ether oxygens (including phenoxy) is 1. The number of rotatable bonds is 7. The molecule has 1 nitrogen and oxygen atoms in total. The lowest BCUT2D eigenvalue weighted by atomic mass is 9.89. The second-order valence-electron chi connectivity index (χ2n) is 7.77. The van der Waals surface area contributed by atoms with E-state index in [9.17, 15) is 13.2 Å². The quantitative estimate of drug-likeness (QED) is 0.348. The summed E-state index contributed by atoms with van der Waals surface area (Å²) >= 11 is 0. The molecule has 1 heterocycles. The van der Waals surface area contributed by atoms with Gasteiger partial charge in [0.05, 0.1) is 12.7 Å². The minimum atomic E-state index is -0.990. The van der Waals surface area contributed by atoms with Crippen molar-refractivity contribution in [2.75, 3.05) is 6.61 Å². The summed E-state index contributed by atoms with van der Waals surface area (Å²) in [5.74, 6) is -2.59.